The predicted octanol–water partition coefficient (Wildman–Crippen LogP) is 2.47. The molecule has 1 amide bonds. The minimum atomic E-state index is -0.217. The number of hydrogen-bond donors (Lipinski definition) is 2. The number of carbonyl (C=O) groups excluding carboxylic acids is 1. The van der Waals surface area contributed by atoms with Gasteiger partial charge in [-0.15, -0.1) is 0 Å². The maximum Gasteiger partial charge on any atom is 0.283 e. The van der Waals surface area contributed by atoms with E-state index in [2.05, 4.69) is 27.3 Å². The Morgan fingerprint density at radius 3 is 2.64 bits per heavy atom. The molecule has 25 heavy (non-hydrogen) atoms. The highest BCUT2D eigenvalue weighted by Crippen LogP contribution is 2.40. The number of anilines is 1. The van der Waals surface area contributed by atoms with Crippen LogP contribution in [0.25, 0.3) is 0 Å². The predicted molar refractivity (Wildman–Crippen MR) is 101 cm³/mol. The van der Waals surface area contributed by atoms with Gasteiger partial charge in [-0.1, -0.05) is 45.7 Å². The Morgan fingerprint density at radius 1 is 1.12 bits per heavy atom. The van der Waals surface area contributed by atoms with Crippen LogP contribution in [0.2, 0.25) is 5.02 Å². The van der Waals surface area contributed by atoms with E-state index in [-0.39, 0.29) is 17.9 Å². The molecule has 2 N–H and O–H groups in total. The lowest BCUT2D eigenvalue weighted by atomic mass is 9.80. The van der Waals surface area contributed by atoms with Crippen molar-refractivity contribution in [2.24, 2.45) is 0 Å². The molecule has 0 saturated carbocycles. The summed E-state index contributed by atoms with van der Waals surface area (Å²) in [6, 6.07) is 13.6. The largest absolute Gasteiger partial charge is 0.370 e. The summed E-state index contributed by atoms with van der Waals surface area (Å²) in [5, 5.41) is 3.79. The fourth-order valence-corrected chi connectivity index (χ4v) is 4.52. The highest BCUT2D eigenvalue weighted by Gasteiger charge is 2.44. The lowest BCUT2D eigenvalue weighted by molar-refractivity contribution is -0.924. The topological polar surface area (TPSA) is 42.8 Å². The molecule has 0 bridgehead atoms. The quantitative estimate of drug-likeness (QED) is 0.781. The Balaban J connectivity index is 1.87. The lowest BCUT2D eigenvalue weighted by Gasteiger charge is -2.39. The van der Waals surface area contributed by atoms with E-state index in [1.54, 1.807) is 0 Å². The Labute approximate surface area is 160 Å². The van der Waals surface area contributed by atoms with E-state index in [4.69, 9.17) is 16.3 Å². The van der Waals surface area contributed by atoms with Crippen molar-refractivity contribution in [2.45, 2.75) is 12.0 Å². The molecule has 0 aromatic heterocycles. The first-order valence-corrected chi connectivity index (χ1v) is 9.59. The summed E-state index contributed by atoms with van der Waals surface area (Å²) in [6.45, 7) is 3.00. The van der Waals surface area contributed by atoms with Gasteiger partial charge in [0.15, 0.2) is 6.04 Å². The lowest BCUT2D eigenvalue weighted by Crippen LogP contribution is -3.19. The number of amides is 1. The molecule has 0 spiro atoms. The zero-order valence-corrected chi connectivity index (χ0v) is 15.9. The summed E-state index contributed by atoms with van der Waals surface area (Å²) in [5.41, 5.74) is 2.97. The standard InChI is InChI=1S/C19H18BrClN2O2/c20-12-5-6-16-14(11-12)17(13-3-1-2-4-15(13)21)18(19(24)22-16)23-7-9-25-10-8-23/h1-6,11,17-18H,7-10H2,(H,22,24)/p+1/t17-,18-/m1/s1. The fraction of sp³-hybridized carbons (Fsp3) is 0.316. The fourth-order valence-electron chi connectivity index (χ4n) is 3.89. The van der Waals surface area contributed by atoms with Crippen LogP contribution in [-0.4, -0.2) is 38.3 Å². The maximum atomic E-state index is 13.0. The average Bonchev–Trinajstić information content (AvgIpc) is 2.62. The van der Waals surface area contributed by atoms with Crippen molar-refractivity contribution < 1.29 is 14.4 Å². The molecule has 0 unspecified atom stereocenters. The minimum absolute atomic E-state index is 0.0524. The van der Waals surface area contributed by atoms with Crippen LogP contribution in [0.15, 0.2) is 46.9 Å². The molecule has 0 aliphatic carbocycles. The summed E-state index contributed by atoms with van der Waals surface area (Å²) < 4.78 is 6.49. The van der Waals surface area contributed by atoms with E-state index >= 15 is 0 Å². The van der Waals surface area contributed by atoms with Gasteiger partial charge in [-0.2, -0.15) is 0 Å². The number of fused-ring (bicyclic) bond motifs is 1. The Bertz CT molecular complexity index is 808. The summed E-state index contributed by atoms with van der Waals surface area (Å²) >= 11 is 10.1. The van der Waals surface area contributed by atoms with Gasteiger partial charge in [0.25, 0.3) is 5.91 Å². The molecule has 1 saturated heterocycles. The van der Waals surface area contributed by atoms with Gasteiger partial charge in [0, 0.05) is 15.2 Å². The number of nitrogens with one attached hydrogen (secondary N) is 2. The molecule has 2 aromatic rings. The van der Waals surface area contributed by atoms with Crippen molar-refractivity contribution in [1.82, 2.24) is 0 Å². The monoisotopic (exact) mass is 421 g/mol. The van der Waals surface area contributed by atoms with E-state index in [1.807, 2.05) is 36.4 Å². The number of hydrogen-bond acceptors (Lipinski definition) is 2. The molecule has 0 radical (unpaired) electrons. The van der Waals surface area contributed by atoms with Gasteiger partial charge in [0.1, 0.15) is 13.1 Å². The zero-order valence-electron chi connectivity index (χ0n) is 13.6. The molecule has 2 atom stereocenters. The van der Waals surface area contributed by atoms with Crippen LogP contribution in [0.4, 0.5) is 5.69 Å². The Morgan fingerprint density at radius 2 is 1.88 bits per heavy atom. The van der Waals surface area contributed by atoms with Crippen molar-refractivity contribution in [3.63, 3.8) is 0 Å². The number of benzene rings is 2. The minimum Gasteiger partial charge on any atom is -0.370 e. The molecular weight excluding hydrogens is 404 g/mol. The van der Waals surface area contributed by atoms with Gasteiger partial charge in [0.2, 0.25) is 0 Å². The molecule has 2 heterocycles. The summed E-state index contributed by atoms with van der Waals surface area (Å²) in [6.07, 6.45) is 0. The molecule has 130 valence electrons. The molecule has 4 rings (SSSR count). The Kier molecular flexibility index (Phi) is 4.82. The second-order valence-electron chi connectivity index (χ2n) is 6.47. The summed E-state index contributed by atoms with van der Waals surface area (Å²) in [5.74, 6) is -0.0281. The number of halogens is 2. The van der Waals surface area contributed by atoms with Gasteiger partial charge < -0.3 is 15.0 Å². The van der Waals surface area contributed by atoms with E-state index in [0.717, 1.165) is 34.4 Å². The SMILES string of the molecule is O=C1Nc2ccc(Br)cc2[C@@H](c2ccccc2Cl)[C@H]1[NH+]1CCOCC1. The highest BCUT2D eigenvalue weighted by atomic mass is 79.9. The molecule has 2 aromatic carbocycles. The molecule has 1 fully saturated rings. The smallest absolute Gasteiger partial charge is 0.283 e. The second-order valence-corrected chi connectivity index (χ2v) is 7.79. The van der Waals surface area contributed by atoms with E-state index in [1.165, 1.54) is 4.90 Å². The first kappa shape index (κ1) is 17.0. The van der Waals surface area contributed by atoms with Gasteiger partial charge in [-0.05, 0) is 35.4 Å². The Hall–Kier alpha value is -1.40. The van der Waals surface area contributed by atoms with E-state index < -0.39 is 0 Å². The number of quaternary nitrogens is 1. The van der Waals surface area contributed by atoms with Crippen LogP contribution in [0.5, 0.6) is 0 Å². The molecular formula is C19H19BrClN2O2+. The van der Waals surface area contributed by atoms with Crippen molar-refractivity contribution in [3.8, 4) is 0 Å². The number of ether oxygens (including phenoxy) is 1. The van der Waals surface area contributed by atoms with Crippen LogP contribution in [0, 0.1) is 0 Å². The number of morpholine rings is 1. The first-order valence-electron chi connectivity index (χ1n) is 8.42. The van der Waals surface area contributed by atoms with Crippen LogP contribution < -0.4 is 10.2 Å². The van der Waals surface area contributed by atoms with Crippen LogP contribution in [0.3, 0.4) is 0 Å². The van der Waals surface area contributed by atoms with Crippen molar-refractivity contribution in [2.75, 3.05) is 31.6 Å². The van der Waals surface area contributed by atoms with Crippen molar-refractivity contribution in [1.29, 1.82) is 0 Å². The van der Waals surface area contributed by atoms with Gasteiger partial charge >= 0.3 is 0 Å². The highest BCUT2D eigenvalue weighted by molar-refractivity contribution is 9.10. The normalized spacial score (nSPS) is 23.8. The van der Waals surface area contributed by atoms with Gasteiger partial charge in [-0.25, -0.2) is 0 Å². The molecule has 2 aliphatic heterocycles. The first-order chi connectivity index (χ1) is 12.1. The number of rotatable bonds is 2. The second kappa shape index (κ2) is 7.08. The summed E-state index contributed by atoms with van der Waals surface area (Å²) in [4.78, 5) is 14.3. The van der Waals surface area contributed by atoms with Crippen molar-refractivity contribution >= 4 is 39.1 Å². The average molecular weight is 423 g/mol. The van der Waals surface area contributed by atoms with Gasteiger partial charge in [-0.3, -0.25) is 4.79 Å². The van der Waals surface area contributed by atoms with Crippen LogP contribution >= 0.6 is 27.5 Å². The maximum absolute atomic E-state index is 13.0. The molecule has 6 heteroatoms. The van der Waals surface area contributed by atoms with Gasteiger partial charge in [0.05, 0.1) is 19.1 Å². The third-order valence-electron chi connectivity index (χ3n) is 5.04. The zero-order chi connectivity index (χ0) is 17.4. The molecule has 4 nitrogen and oxygen atoms in total. The van der Waals surface area contributed by atoms with Crippen LogP contribution in [0.1, 0.15) is 17.0 Å². The third-order valence-corrected chi connectivity index (χ3v) is 5.87. The van der Waals surface area contributed by atoms with E-state index in [0.29, 0.717) is 18.2 Å². The third kappa shape index (κ3) is 3.22. The molecule has 2 aliphatic rings. The van der Waals surface area contributed by atoms with E-state index in [9.17, 15) is 4.79 Å². The van der Waals surface area contributed by atoms with Crippen LogP contribution in [-0.2, 0) is 9.53 Å². The summed E-state index contributed by atoms with van der Waals surface area (Å²) in [7, 11) is 0. The number of carbonyl (C=O) groups is 1. The van der Waals surface area contributed by atoms with Crippen molar-refractivity contribution in [3.05, 3.63) is 63.1 Å².